The van der Waals surface area contributed by atoms with E-state index in [1.54, 1.807) is 11.3 Å². The molecule has 1 aliphatic rings. The summed E-state index contributed by atoms with van der Waals surface area (Å²) in [5, 5.41) is 5.43. The fourth-order valence-electron chi connectivity index (χ4n) is 2.41. The van der Waals surface area contributed by atoms with Gasteiger partial charge in [0.2, 0.25) is 5.91 Å². The highest BCUT2D eigenvalue weighted by Gasteiger charge is 2.24. The van der Waals surface area contributed by atoms with Crippen LogP contribution in [0.5, 0.6) is 0 Å². The van der Waals surface area contributed by atoms with Crippen LogP contribution in [0, 0.1) is 0 Å². The Morgan fingerprint density at radius 2 is 2.44 bits per heavy atom. The van der Waals surface area contributed by atoms with Gasteiger partial charge in [-0.1, -0.05) is 12.5 Å². The number of hydrogen-bond acceptors (Lipinski definition) is 3. The van der Waals surface area contributed by atoms with E-state index in [9.17, 15) is 4.79 Å². The number of nitrogens with one attached hydrogen (secondary N) is 1. The first kappa shape index (κ1) is 13.6. The van der Waals surface area contributed by atoms with Gasteiger partial charge in [0.15, 0.2) is 0 Å². The Bertz CT molecular complexity index is 358. The molecule has 1 N–H and O–H groups in total. The molecule has 0 unspecified atom stereocenters. The van der Waals surface area contributed by atoms with Crippen molar-refractivity contribution in [3.05, 3.63) is 22.4 Å². The summed E-state index contributed by atoms with van der Waals surface area (Å²) in [4.78, 5) is 15.7. The van der Waals surface area contributed by atoms with E-state index in [0.29, 0.717) is 0 Å². The van der Waals surface area contributed by atoms with Crippen LogP contribution in [0.2, 0.25) is 0 Å². The zero-order valence-corrected chi connectivity index (χ0v) is 11.8. The van der Waals surface area contributed by atoms with Crippen molar-refractivity contribution in [2.75, 3.05) is 19.6 Å². The average Bonchev–Trinajstić information content (AvgIpc) is 2.93. The molecular formula is C14H22N2OS. The summed E-state index contributed by atoms with van der Waals surface area (Å²) in [7, 11) is 0. The molecule has 0 aliphatic carbocycles. The maximum absolute atomic E-state index is 12.4. The topological polar surface area (TPSA) is 32.3 Å². The molecule has 1 aliphatic heterocycles. The van der Waals surface area contributed by atoms with E-state index >= 15 is 0 Å². The first-order chi connectivity index (χ1) is 8.81. The summed E-state index contributed by atoms with van der Waals surface area (Å²) < 4.78 is 0. The van der Waals surface area contributed by atoms with E-state index in [1.165, 1.54) is 17.7 Å². The SMILES string of the molecule is CCN(CCc1cccs1)C(=O)[C@@H]1CCCCN1. The molecule has 1 atom stereocenters. The van der Waals surface area contributed by atoms with Crippen molar-refractivity contribution in [1.29, 1.82) is 0 Å². The summed E-state index contributed by atoms with van der Waals surface area (Å²) >= 11 is 1.77. The van der Waals surface area contributed by atoms with Crippen molar-refractivity contribution in [2.24, 2.45) is 0 Å². The van der Waals surface area contributed by atoms with Crippen molar-refractivity contribution in [3.8, 4) is 0 Å². The van der Waals surface area contributed by atoms with Crippen LogP contribution >= 0.6 is 11.3 Å². The van der Waals surface area contributed by atoms with Gasteiger partial charge < -0.3 is 10.2 Å². The maximum atomic E-state index is 12.4. The van der Waals surface area contributed by atoms with Gasteiger partial charge in [0.1, 0.15) is 0 Å². The van der Waals surface area contributed by atoms with E-state index < -0.39 is 0 Å². The van der Waals surface area contributed by atoms with Gasteiger partial charge in [-0.25, -0.2) is 0 Å². The number of piperidine rings is 1. The third-order valence-electron chi connectivity index (χ3n) is 3.51. The van der Waals surface area contributed by atoms with Gasteiger partial charge in [-0.3, -0.25) is 4.79 Å². The lowest BCUT2D eigenvalue weighted by Gasteiger charge is -2.29. The first-order valence-corrected chi connectivity index (χ1v) is 7.73. The van der Waals surface area contributed by atoms with Crippen LogP contribution in [0.25, 0.3) is 0 Å². The lowest BCUT2D eigenvalue weighted by molar-refractivity contribution is -0.133. The van der Waals surface area contributed by atoms with Crippen LogP contribution in [0.4, 0.5) is 0 Å². The first-order valence-electron chi connectivity index (χ1n) is 6.86. The Balaban J connectivity index is 1.85. The normalized spacial score (nSPS) is 19.7. The average molecular weight is 266 g/mol. The Kier molecular flexibility index (Phi) is 5.20. The molecule has 1 fully saturated rings. The van der Waals surface area contributed by atoms with Crippen LogP contribution in [-0.4, -0.2) is 36.5 Å². The summed E-state index contributed by atoms with van der Waals surface area (Å²) in [6, 6.07) is 4.27. The second kappa shape index (κ2) is 6.90. The molecular weight excluding hydrogens is 244 g/mol. The fourth-order valence-corrected chi connectivity index (χ4v) is 3.11. The highest BCUT2D eigenvalue weighted by molar-refractivity contribution is 7.09. The Morgan fingerprint density at radius 3 is 3.06 bits per heavy atom. The Labute approximate surface area is 113 Å². The number of carbonyl (C=O) groups is 1. The quantitative estimate of drug-likeness (QED) is 0.887. The molecule has 0 bridgehead atoms. The number of hydrogen-bond donors (Lipinski definition) is 1. The van der Waals surface area contributed by atoms with Gasteiger partial charge in [0.05, 0.1) is 6.04 Å². The zero-order chi connectivity index (χ0) is 12.8. The molecule has 100 valence electrons. The van der Waals surface area contributed by atoms with Gasteiger partial charge in [0, 0.05) is 18.0 Å². The molecule has 1 aromatic heterocycles. The lowest BCUT2D eigenvalue weighted by atomic mass is 10.0. The predicted molar refractivity (Wildman–Crippen MR) is 75.9 cm³/mol. The van der Waals surface area contributed by atoms with E-state index in [4.69, 9.17) is 0 Å². The van der Waals surface area contributed by atoms with Crippen LogP contribution < -0.4 is 5.32 Å². The highest BCUT2D eigenvalue weighted by atomic mass is 32.1. The van der Waals surface area contributed by atoms with Crippen molar-refractivity contribution in [1.82, 2.24) is 10.2 Å². The second-order valence-corrected chi connectivity index (χ2v) is 5.78. The maximum Gasteiger partial charge on any atom is 0.239 e. The monoisotopic (exact) mass is 266 g/mol. The molecule has 2 rings (SSSR count). The predicted octanol–water partition coefficient (Wildman–Crippen LogP) is 2.28. The second-order valence-electron chi connectivity index (χ2n) is 4.75. The summed E-state index contributed by atoms with van der Waals surface area (Å²) in [5.41, 5.74) is 0. The van der Waals surface area contributed by atoms with Crippen molar-refractivity contribution >= 4 is 17.2 Å². The summed E-state index contributed by atoms with van der Waals surface area (Å²) in [5.74, 6) is 0.286. The number of likely N-dealkylation sites (N-methyl/N-ethyl adjacent to an activating group) is 1. The molecule has 2 heterocycles. The van der Waals surface area contributed by atoms with Crippen molar-refractivity contribution in [2.45, 2.75) is 38.6 Å². The molecule has 1 amide bonds. The lowest BCUT2D eigenvalue weighted by Crippen LogP contribution is -2.49. The summed E-state index contributed by atoms with van der Waals surface area (Å²) in [6.45, 7) is 4.70. The smallest absolute Gasteiger partial charge is 0.239 e. The molecule has 0 saturated carbocycles. The molecule has 1 saturated heterocycles. The van der Waals surface area contributed by atoms with Crippen LogP contribution in [0.3, 0.4) is 0 Å². The summed E-state index contributed by atoms with van der Waals surface area (Å²) in [6.07, 6.45) is 4.34. The minimum absolute atomic E-state index is 0.0574. The molecule has 18 heavy (non-hydrogen) atoms. The third kappa shape index (κ3) is 3.56. The van der Waals surface area contributed by atoms with Crippen LogP contribution in [0.15, 0.2) is 17.5 Å². The Hall–Kier alpha value is -0.870. The minimum Gasteiger partial charge on any atom is -0.341 e. The number of thiophene rings is 1. The van der Waals surface area contributed by atoms with Crippen LogP contribution in [0.1, 0.15) is 31.1 Å². The molecule has 3 nitrogen and oxygen atoms in total. The number of rotatable bonds is 5. The van der Waals surface area contributed by atoms with Gasteiger partial charge >= 0.3 is 0 Å². The third-order valence-corrected chi connectivity index (χ3v) is 4.45. The van der Waals surface area contributed by atoms with Gasteiger partial charge in [-0.15, -0.1) is 11.3 Å². The van der Waals surface area contributed by atoms with Gasteiger partial charge in [-0.2, -0.15) is 0 Å². The van der Waals surface area contributed by atoms with Crippen molar-refractivity contribution < 1.29 is 4.79 Å². The zero-order valence-electron chi connectivity index (χ0n) is 11.0. The van der Waals surface area contributed by atoms with E-state index in [1.807, 2.05) is 4.90 Å². The van der Waals surface area contributed by atoms with E-state index in [0.717, 1.165) is 32.5 Å². The Morgan fingerprint density at radius 1 is 1.56 bits per heavy atom. The van der Waals surface area contributed by atoms with Crippen LogP contribution in [-0.2, 0) is 11.2 Å². The van der Waals surface area contributed by atoms with E-state index in [2.05, 4.69) is 29.8 Å². The number of carbonyl (C=O) groups excluding carboxylic acids is 1. The molecule has 4 heteroatoms. The standard InChI is InChI=1S/C14H22N2OS/c1-2-16(10-8-12-6-5-11-18-12)14(17)13-7-3-4-9-15-13/h5-6,11,13,15H,2-4,7-10H2,1H3/t13-/m0/s1. The molecule has 1 aromatic rings. The highest BCUT2D eigenvalue weighted by Crippen LogP contribution is 2.13. The van der Waals surface area contributed by atoms with Gasteiger partial charge in [0.25, 0.3) is 0 Å². The molecule has 0 radical (unpaired) electrons. The van der Waals surface area contributed by atoms with Crippen molar-refractivity contribution in [3.63, 3.8) is 0 Å². The van der Waals surface area contributed by atoms with E-state index in [-0.39, 0.29) is 11.9 Å². The molecule has 0 aromatic carbocycles. The van der Waals surface area contributed by atoms with Gasteiger partial charge in [-0.05, 0) is 44.2 Å². The largest absolute Gasteiger partial charge is 0.341 e. The molecule has 0 spiro atoms. The fraction of sp³-hybridized carbons (Fsp3) is 0.643. The minimum atomic E-state index is 0.0574. The number of nitrogens with zero attached hydrogens (tertiary/aromatic N) is 1. The number of amides is 1.